The van der Waals surface area contributed by atoms with Crippen LogP contribution in [-0.4, -0.2) is 36.4 Å². The Hall–Kier alpha value is -2.60. The van der Waals surface area contributed by atoms with E-state index in [0.717, 1.165) is 43.3 Å². The zero-order valence-corrected chi connectivity index (χ0v) is 18.4. The summed E-state index contributed by atoms with van der Waals surface area (Å²) in [7, 11) is -3.68. The van der Waals surface area contributed by atoms with Crippen molar-refractivity contribution in [3.05, 3.63) is 60.3 Å². The molecule has 0 aliphatic carbocycles. The first kappa shape index (κ1) is 20.7. The Morgan fingerprint density at radius 3 is 2.53 bits per heavy atom. The van der Waals surface area contributed by atoms with Gasteiger partial charge in [-0.05, 0) is 50.8 Å². The standard InChI is InChI=1S/C24H28N2O3S/c1-3-19-8-6-7-15-26(19)24(27)17-25-16-23(21-9-4-5-10-22(21)25)30(28,29)20-13-11-18(2)12-14-20/h4-5,9-14,16,19H,3,6-8,15,17H2,1-2H3. The Kier molecular flexibility index (Phi) is 5.69. The van der Waals surface area contributed by atoms with E-state index in [-0.39, 0.29) is 28.3 Å². The fraction of sp³-hybridized carbons (Fsp3) is 0.375. The maximum Gasteiger partial charge on any atom is 0.242 e. The third kappa shape index (κ3) is 3.76. The molecule has 1 atom stereocenters. The van der Waals surface area contributed by atoms with Gasteiger partial charge in [-0.3, -0.25) is 4.79 Å². The van der Waals surface area contributed by atoms with Crippen LogP contribution in [0.3, 0.4) is 0 Å². The molecule has 0 spiro atoms. The molecular formula is C24H28N2O3S. The summed E-state index contributed by atoms with van der Waals surface area (Å²) in [6, 6.07) is 14.6. The highest BCUT2D eigenvalue weighted by Crippen LogP contribution is 2.31. The Morgan fingerprint density at radius 2 is 1.80 bits per heavy atom. The number of para-hydroxylation sites is 1. The highest BCUT2D eigenvalue weighted by atomic mass is 32.2. The van der Waals surface area contributed by atoms with Crippen LogP contribution >= 0.6 is 0 Å². The fourth-order valence-electron chi connectivity index (χ4n) is 4.39. The lowest BCUT2D eigenvalue weighted by Gasteiger charge is -2.35. The molecule has 2 heterocycles. The van der Waals surface area contributed by atoms with Crippen LogP contribution in [0.4, 0.5) is 0 Å². The lowest BCUT2D eigenvalue weighted by Crippen LogP contribution is -2.44. The third-order valence-corrected chi connectivity index (χ3v) is 7.89. The van der Waals surface area contributed by atoms with E-state index >= 15 is 0 Å². The number of benzene rings is 2. The maximum atomic E-state index is 13.3. The summed E-state index contributed by atoms with van der Waals surface area (Å²) in [5.74, 6) is 0.0570. The number of hydrogen-bond donors (Lipinski definition) is 0. The molecule has 3 aromatic rings. The van der Waals surface area contributed by atoms with E-state index in [0.29, 0.717) is 5.39 Å². The van der Waals surface area contributed by atoms with Crippen molar-refractivity contribution in [3.8, 4) is 0 Å². The van der Waals surface area contributed by atoms with Gasteiger partial charge in [-0.2, -0.15) is 0 Å². The summed E-state index contributed by atoms with van der Waals surface area (Å²) in [6.45, 7) is 4.98. The molecule has 0 bridgehead atoms. The number of rotatable bonds is 5. The third-order valence-electron chi connectivity index (χ3n) is 6.10. The predicted molar refractivity (Wildman–Crippen MR) is 118 cm³/mol. The van der Waals surface area contributed by atoms with Crippen molar-refractivity contribution in [2.75, 3.05) is 6.54 Å². The molecule has 6 heteroatoms. The van der Waals surface area contributed by atoms with Crippen molar-refractivity contribution in [1.82, 2.24) is 9.47 Å². The highest BCUT2D eigenvalue weighted by Gasteiger charge is 2.27. The molecule has 1 aliphatic heterocycles. The minimum atomic E-state index is -3.68. The van der Waals surface area contributed by atoms with E-state index in [2.05, 4.69) is 6.92 Å². The number of amides is 1. The molecule has 1 aliphatic rings. The summed E-state index contributed by atoms with van der Waals surface area (Å²) >= 11 is 0. The van der Waals surface area contributed by atoms with Crippen LogP contribution in [-0.2, 0) is 21.2 Å². The molecule has 158 valence electrons. The zero-order chi connectivity index (χ0) is 21.3. The van der Waals surface area contributed by atoms with E-state index in [1.54, 1.807) is 35.0 Å². The van der Waals surface area contributed by atoms with Crippen molar-refractivity contribution in [1.29, 1.82) is 0 Å². The van der Waals surface area contributed by atoms with Gasteiger partial charge in [0.1, 0.15) is 6.54 Å². The average molecular weight is 425 g/mol. The van der Waals surface area contributed by atoms with Crippen LogP contribution in [0.25, 0.3) is 10.9 Å². The summed E-state index contributed by atoms with van der Waals surface area (Å²) in [4.78, 5) is 15.6. The van der Waals surface area contributed by atoms with Crippen molar-refractivity contribution < 1.29 is 13.2 Å². The minimum absolute atomic E-state index is 0.0570. The largest absolute Gasteiger partial charge is 0.338 e. The van der Waals surface area contributed by atoms with Crippen LogP contribution in [0.1, 0.15) is 38.2 Å². The molecule has 1 saturated heterocycles. The topological polar surface area (TPSA) is 59.4 Å². The van der Waals surface area contributed by atoms with Gasteiger partial charge < -0.3 is 9.47 Å². The molecule has 1 aromatic heterocycles. The molecule has 0 radical (unpaired) electrons. The second-order valence-electron chi connectivity index (χ2n) is 8.10. The second kappa shape index (κ2) is 8.26. The molecule has 1 unspecified atom stereocenters. The Morgan fingerprint density at radius 1 is 1.07 bits per heavy atom. The molecule has 0 N–H and O–H groups in total. The van der Waals surface area contributed by atoms with Gasteiger partial charge in [-0.15, -0.1) is 0 Å². The number of fused-ring (bicyclic) bond motifs is 1. The van der Waals surface area contributed by atoms with E-state index in [9.17, 15) is 13.2 Å². The van der Waals surface area contributed by atoms with Crippen molar-refractivity contribution >= 4 is 26.6 Å². The van der Waals surface area contributed by atoms with Crippen molar-refractivity contribution in [2.24, 2.45) is 0 Å². The number of nitrogens with zero attached hydrogens (tertiary/aromatic N) is 2. The van der Waals surface area contributed by atoms with Crippen LogP contribution in [0.5, 0.6) is 0 Å². The number of carbonyl (C=O) groups excluding carboxylic acids is 1. The van der Waals surface area contributed by atoms with Crippen LogP contribution in [0, 0.1) is 6.92 Å². The molecule has 4 rings (SSSR count). The van der Waals surface area contributed by atoms with Crippen LogP contribution in [0.15, 0.2) is 64.5 Å². The number of carbonyl (C=O) groups is 1. The number of hydrogen-bond acceptors (Lipinski definition) is 3. The summed E-state index contributed by atoms with van der Waals surface area (Å²) in [5, 5.41) is 0.650. The smallest absolute Gasteiger partial charge is 0.242 e. The van der Waals surface area contributed by atoms with Gasteiger partial charge >= 0.3 is 0 Å². The lowest BCUT2D eigenvalue weighted by molar-refractivity contribution is -0.135. The van der Waals surface area contributed by atoms with Gasteiger partial charge in [0.15, 0.2) is 0 Å². The van der Waals surface area contributed by atoms with Gasteiger partial charge in [0.05, 0.1) is 9.79 Å². The molecule has 5 nitrogen and oxygen atoms in total. The SMILES string of the molecule is CCC1CCCCN1C(=O)Cn1cc(S(=O)(=O)c2ccc(C)cc2)c2ccccc21. The van der Waals surface area contributed by atoms with Gasteiger partial charge in [0.2, 0.25) is 15.7 Å². The number of sulfone groups is 1. The molecular weight excluding hydrogens is 396 g/mol. The van der Waals surface area contributed by atoms with E-state index < -0.39 is 9.84 Å². The number of piperidine rings is 1. The molecule has 0 saturated carbocycles. The van der Waals surface area contributed by atoms with Crippen molar-refractivity contribution in [3.63, 3.8) is 0 Å². The number of likely N-dealkylation sites (tertiary alicyclic amines) is 1. The minimum Gasteiger partial charge on any atom is -0.338 e. The zero-order valence-electron chi connectivity index (χ0n) is 17.5. The Balaban J connectivity index is 1.72. The normalized spacial score (nSPS) is 17.4. The quantitative estimate of drug-likeness (QED) is 0.603. The lowest BCUT2D eigenvalue weighted by atomic mass is 10.00. The van der Waals surface area contributed by atoms with Crippen LogP contribution < -0.4 is 0 Å². The van der Waals surface area contributed by atoms with Gasteiger partial charge in [-0.25, -0.2) is 8.42 Å². The average Bonchev–Trinajstić information content (AvgIpc) is 3.13. The van der Waals surface area contributed by atoms with Gasteiger partial charge in [0.25, 0.3) is 0 Å². The van der Waals surface area contributed by atoms with Gasteiger partial charge in [0, 0.05) is 29.7 Å². The number of aryl methyl sites for hydroxylation is 1. The number of aromatic nitrogens is 1. The molecule has 30 heavy (non-hydrogen) atoms. The fourth-order valence-corrected chi connectivity index (χ4v) is 5.87. The summed E-state index contributed by atoms with van der Waals surface area (Å²) in [6.07, 6.45) is 5.81. The van der Waals surface area contributed by atoms with E-state index in [4.69, 9.17) is 0 Å². The van der Waals surface area contributed by atoms with E-state index in [1.807, 2.05) is 36.1 Å². The first-order chi connectivity index (χ1) is 14.4. The second-order valence-corrected chi connectivity index (χ2v) is 10.0. The maximum absolute atomic E-state index is 13.3. The van der Waals surface area contributed by atoms with E-state index in [1.165, 1.54) is 0 Å². The molecule has 1 amide bonds. The predicted octanol–water partition coefficient (Wildman–Crippen LogP) is 4.57. The van der Waals surface area contributed by atoms with Crippen LogP contribution in [0.2, 0.25) is 0 Å². The summed E-state index contributed by atoms with van der Waals surface area (Å²) < 4.78 is 28.5. The van der Waals surface area contributed by atoms with Crippen molar-refractivity contribution in [2.45, 2.75) is 61.9 Å². The first-order valence-corrected chi connectivity index (χ1v) is 12.1. The highest BCUT2D eigenvalue weighted by molar-refractivity contribution is 7.91. The monoisotopic (exact) mass is 424 g/mol. The molecule has 2 aromatic carbocycles. The first-order valence-electron chi connectivity index (χ1n) is 10.6. The summed E-state index contributed by atoms with van der Waals surface area (Å²) in [5.41, 5.74) is 1.77. The molecule has 1 fully saturated rings. The Bertz CT molecular complexity index is 1160. The Labute approximate surface area is 178 Å². The van der Waals surface area contributed by atoms with Gasteiger partial charge in [-0.1, -0.05) is 42.8 Å².